The molecular weight excluding hydrogens is 374 g/mol. The van der Waals surface area contributed by atoms with Gasteiger partial charge < -0.3 is 15.5 Å². The second kappa shape index (κ2) is 10.9. The number of hydrogen-bond donors (Lipinski definition) is 2. The van der Waals surface area contributed by atoms with Crippen molar-refractivity contribution in [2.45, 2.75) is 46.1 Å². The van der Waals surface area contributed by atoms with Crippen LogP contribution in [0.1, 0.15) is 67.6 Å². The average molecular weight is 410 g/mol. The van der Waals surface area contributed by atoms with E-state index in [1.54, 1.807) is 38.4 Å². The average Bonchev–Trinajstić information content (AvgIpc) is 2.73. The van der Waals surface area contributed by atoms with Gasteiger partial charge in [-0.05, 0) is 47.6 Å². The maximum Gasteiger partial charge on any atom is 0.253 e. The first kappa shape index (κ1) is 23.6. The molecule has 5 heteroatoms. The third-order valence-electron chi connectivity index (χ3n) is 5.43. The summed E-state index contributed by atoms with van der Waals surface area (Å²) in [5.74, 6) is 0.662. The Morgan fingerprint density at radius 2 is 1.60 bits per heavy atom. The fourth-order valence-electron chi connectivity index (χ4n) is 3.40. The molecule has 0 aliphatic rings. The van der Waals surface area contributed by atoms with Crippen LogP contribution < -0.4 is 10.6 Å². The molecule has 0 aliphatic carbocycles. The van der Waals surface area contributed by atoms with Crippen LogP contribution in [0.25, 0.3) is 0 Å². The molecule has 0 aliphatic heterocycles. The van der Waals surface area contributed by atoms with Gasteiger partial charge in [0.15, 0.2) is 0 Å². The number of carbonyl (C=O) groups excluding carboxylic acids is 2. The molecule has 0 fully saturated rings. The molecule has 5 nitrogen and oxygen atoms in total. The first-order chi connectivity index (χ1) is 14.2. The van der Waals surface area contributed by atoms with Crippen LogP contribution in [0.3, 0.4) is 0 Å². The second-order valence-electron chi connectivity index (χ2n) is 8.41. The van der Waals surface area contributed by atoms with Gasteiger partial charge in [-0.1, -0.05) is 58.0 Å². The lowest BCUT2D eigenvalue weighted by Gasteiger charge is -2.23. The number of nitrogens with one attached hydrogen (secondary N) is 2. The van der Waals surface area contributed by atoms with Crippen LogP contribution in [0.2, 0.25) is 0 Å². The molecule has 2 rings (SSSR count). The van der Waals surface area contributed by atoms with Crippen molar-refractivity contribution in [2.75, 3.05) is 26.0 Å². The van der Waals surface area contributed by atoms with Crippen molar-refractivity contribution in [3.8, 4) is 0 Å². The Morgan fingerprint density at radius 1 is 0.967 bits per heavy atom. The third-order valence-corrected chi connectivity index (χ3v) is 5.43. The lowest BCUT2D eigenvalue weighted by molar-refractivity contribution is -0.115. The fraction of sp³-hybridized carbons (Fsp3) is 0.440. The van der Waals surface area contributed by atoms with E-state index in [0.29, 0.717) is 23.1 Å². The molecular formula is C25H35N3O2. The lowest BCUT2D eigenvalue weighted by Crippen LogP contribution is -2.33. The minimum atomic E-state index is -0.133. The van der Waals surface area contributed by atoms with Gasteiger partial charge in [0.2, 0.25) is 5.91 Å². The largest absolute Gasteiger partial charge is 0.345 e. The summed E-state index contributed by atoms with van der Waals surface area (Å²) in [5, 5.41) is 6.27. The fourth-order valence-corrected chi connectivity index (χ4v) is 3.40. The first-order valence-electron chi connectivity index (χ1n) is 10.7. The van der Waals surface area contributed by atoms with E-state index in [0.717, 1.165) is 6.42 Å². The van der Waals surface area contributed by atoms with Gasteiger partial charge in [-0.3, -0.25) is 9.59 Å². The van der Waals surface area contributed by atoms with Crippen molar-refractivity contribution in [3.63, 3.8) is 0 Å². The monoisotopic (exact) mass is 409 g/mol. The highest BCUT2D eigenvalue weighted by molar-refractivity contribution is 5.97. The van der Waals surface area contributed by atoms with Gasteiger partial charge in [0.05, 0.1) is 6.54 Å². The minimum Gasteiger partial charge on any atom is -0.345 e. The number of carbonyl (C=O) groups is 2. The number of amides is 2. The highest BCUT2D eigenvalue weighted by Gasteiger charge is 2.17. The molecule has 0 heterocycles. The summed E-state index contributed by atoms with van der Waals surface area (Å²) in [6.07, 6.45) is 1.12. The second-order valence-corrected chi connectivity index (χ2v) is 8.41. The summed E-state index contributed by atoms with van der Waals surface area (Å²) < 4.78 is 0. The maximum atomic E-state index is 12.5. The van der Waals surface area contributed by atoms with E-state index in [9.17, 15) is 9.59 Å². The molecule has 2 aromatic carbocycles. The van der Waals surface area contributed by atoms with Gasteiger partial charge >= 0.3 is 0 Å². The summed E-state index contributed by atoms with van der Waals surface area (Å²) in [7, 11) is 3.41. The standard InChI is InChI=1S/C25H35N3O2/c1-7-18(4)19-11-13-20(14-12-19)24(17(2)3)26-16-23(29)27-22-10-8-9-21(15-22)25(30)28(5)6/h8-15,17-18,24,26H,7,16H2,1-6H3,(H,27,29). The third kappa shape index (κ3) is 6.42. The van der Waals surface area contributed by atoms with Crippen LogP contribution in [0.4, 0.5) is 5.69 Å². The molecule has 0 radical (unpaired) electrons. The molecule has 2 atom stereocenters. The van der Waals surface area contributed by atoms with Crippen LogP contribution in [0.5, 0.6) is 0 Å². The molecule has 30 heavy (non-hydrogen) atoms. The van der Waals surface area contributed by atoms with Crippen molar-refractivity contribution in [1.29, 1.82) is 0 Å². The maximum absolute atomic E-state index is 12.5. The van der Waals surface area contributed by atoms with Crippen LogP contribution in [-0.2, 0) is 4.79 Å². The molecule has 162 valence electrons. The van der Waals surface area contributed by atoms with Crippen LogP contribution >= 0.6 is 0 Å². The normalized spacial score (nSPS) is 13.0. The van der Waals surface area contributed by atoms with E-state index in [4.69, 9.17) is 0 Å². The van der Waals surface area contributed by atoms with Gasteiger partial charge in [-0.2, -0.15) is 0 Å². The Balaban J connectivity index is 2.01. The lowest BCUT2D eigenvalue weighted by atomic mass is 9.92. The molecule has 0 aromatic heterocycles. The zero-order chi connectivity index (χ0) is 22.3. The van der Waals surface area contributed by atoms with Crippen molar-refractivity contribution in [2.24, 2.45) is 5.92 Å². The van der Waals surface area contributed by atoms with Crippen molar-refractivity contribution < 1.29 is 9.59 Å². The zero-order valence-electron chi connectivity index (χ0n) is 19.0. The van der Waals surface area contributed by atoms with Gasteiger partial charge in [-0.15, -0.1) is 0 Å². The minimum absolute atomic E-state index is 0.0865. The molecule has 2 unspecified atom stereocenters. The van der Waals surface area contributed by atoms with E-state index >= 15 is 0 Å². The zero-order valence-corrected chi connectivity index (χ0v) is 19.0. The van der Waals surface area contributed by atoms with Gasteiger partial charge in [0.1, 0.15) is 0 Å². The van der Waals surface area contributed by atoms with E-state index in [1.165, 1.54) is 16.0 Å². The predicted octanol–water partition coefficient (Wildman–Crippen LogP) is 4.83. The first-order valence-corrected chi connectivity index (χ1v) is 10.7. The van der Waals surface area contributed by atoms with Crippen LogP contribution in [0.15, 0.2) is 48.5 Å². The van der Waals surface area contributed by atoms with Gasteiger partial charge in [0.25, 0.3) is 5.91 Å². The molecule has 2 N–H and O–H groups in total. The Labute approximate surface area is 180 Å². The molecule has 0 saturated heterocycles. The number of hydrogen-bond acceptors (Lipinski definition) is 3. The van der Waals surface area contributed by atoms with Crippen LogP contribution in [-0.4, -0.2) is 37.4 Å². The number of rotatable bonds is 9. The van der Waals surface area contributed by atoms with Crippen molar-refractivity contribution in [3.05, 3.63) is 65.2 Å². The number of anilines is 1. The number of nitrogens with zero attached hydrogens (tertiary/aromatic N) is 1. The SMILES string of the molecule is CCC(C)c1ccc(C(NCC(=O)Nc2cccc(C(=O)N(C)C)c2)C(C)C)cc1. The summed E-state index contributed by atoms with van der Waals surface area (Å²) >= 11 is 0. The quantitative estimate of drug-likeness (QED) is 0.624. The Bertz CT molecular complexity index is 844. The number of benzene rings is 2. The van der Waals surface area contributed by atoms with E-state index in [1.807, 2.05) is 0 Å². The predicted molar refractivity (Wildman–Crippen MR) is 124 cm³/mol. The smallest absolute Gasteiger partial charge is 0.253 e. The Morgan fingerprint density at radius 3 is 2.17 bits per heavy atom. The highest BCUT2D eigenvalue weighted by Crippen LogP contribution is 2.25. The summed E-state index contributed by atoms with van der Waals surface area (Å²) in [5.41, 5.74) is 3.69. The summed E-state index contributed by atoms with van der Waals surface area (Å²) in [4.78, 5) is 26.1. The Kier molecular flexibility index (Phi) is 8.60. The topological polar surface area (TPSA) is 61.4 Å². The molecule has 2 aromatic rings. The van der Waals surface area contributed by atoms with Gasteiger partial charge in [0, 0.05) is 31.4 Å². The van der Waals surface area contributed by atoms with Crippen LogP contribution in [0, 0.1) is 5.92 Å². The molecule has 0 bridgehead atoms. The van der Waals surface area contributed by atoms with E-state index in [-0.39, 0.29) is 24.4 Å². The van der Waals surface area contributed by atoms with Crippen molar-refractivity contribution in [1.82, 2.24) is 10.2 Å². The Hall–Kier alpha value is -2.66. The van der Waals surface area contributed by atoms with Gasteiger partial charge in [-0.25, -0.2) is 0 Å². The summed E-state index contributed by atoms with van der Waals surface area (Å²) in [6.45, 7) is 8.92. The van der Waals surface area contributed by atoms with E-state index in [2.05, 4.69) is 62.6 Å². The molecule has 0 saturated carbocycles. The molecule has 0 spiro atoms. The van der Waals surface area contributed by atoms with E-state index < -0.39 is 0 Å². The summed E-state index contributed by atoms with van der Waals surface area (Å²) in [6, 6.07) is 15.8. The highest BCUT2D eigenvalue weighted by atomic mass is 16.2. The van der Waals surface area contributed by atoms with Crippen molar-refractivity contribution >= 4 is 17.5 Å². The molecule has 2 amide bonds.